The first-order chi connectivity index (χ1) is 5.26. The molecule has 0 saturated heterocycles. The molecule has 3 nitrogen and oxygen atoms in total. The van der Waals surface area contributed by atoms with E-state index in [1.54, 1.807) is 0 Å². The molecule has 0 aliphatic carbocycles. The van der Waals surface area contributed by atoms with Gasteiger partial charge in [-0.25, -0.2) is 0 Å². The van der Waals surface area contributed by atoms with Crippen LogP contribution in [0.3, 0.4) is 0 Å². The lowest BCUT2D eigenvalue weighted by atomic mass is 10.5. The first kappa shape index (κ1) is 13.5. The molecule has 0 amide bonds. The SMILES string of the molecule is CCN(CC)CC.CNNC. The van der Waals surface area contributed by atoms with Gasteiger partial charge in [-0.15, -0.1) is 0 Å². The van der Waals surface area contributed by atoms with Crippen molar-refractivity contribution in [3.63, 3.8) is 0 Å². The fraction of sp³-hybridized carbons (Fsp3) is 1.00. The highest BCUT2D eigenvalue weighted by Crippen LogP contribution is 1.81. The van der Waals surface area contributed by atoms with Crippen LogP contribution in [0.4, 0.5) is 0 Å². The van der Waals surface area contributed by atoms with Crippen LogP contribution in [-0.4, -0.2) is 38.6 Å². The zero-order valence-electron chi connectivity index (χ0n) is 8.57. The Hall–Kier alpha value is -0.120. The van der Waals surface area contributed by atoms with Crippen LogP contribution in [-0.2, 0) is 0 Å². The predicted molar refractivity (Wildman–Crippen MR) is 51.6 cm³/mol. The molecule has 0 aliphatic rings. The summed E-state index contributed by atoms with van der Waals surface area (Å²) in [5.74, 6) is 0. The van der Waals surface area contributed by atoms with E-state index in [-0.39, 0.29) is 0 Å². The molecule has 0 bridgehead atoms. The third-order valence-electron chi connectivity index (χ3n) is 1.59. The molecule has 3 heteroatoms. The molecule has 0 fully saturated rings. The average molecular weight is 161 g/mol. The summed E-state index contributed by atoms with van der Waals surface area (Å²) in [5.41, 5.74) is 5.36. The number of rotatable bonds is 4. The van der Waals surface area contributed by atoms with E-state index in [9.17, 15) is 0 Å². The van der Waals surface area contributed by atoms with Crippen molar-refractivity contribution in [2.24, 2.45) is 0 Å². The Morgan fingerprint density at radius 3 is 1.09 bits per heavy atom. The van der Waals surface area contributed by atoms with Crippen LogP contribution in [0.25, 0.3) is 0 Å². The highest BCUT2D eigenvalue weighted by Gasteiger charge is 1.89. The van der Waals surface area contributed by atoms with Crippen LogP contribution < -0.4 is 10.9 Å². The Morgan fingerprint density at radius 1 is 0.818 bits per heavy atom. The molecule has 0 aromatic carbocycles. The van der Waals surface area contributed by atoms with Crippen LogP contribution in [0.2, 0.25) is 0 Å². The molecule has 11 heavy (non-hydrogen) atoms. The monoisotopic (exact) mass is 161 g/mol. The van der Waals surface area contributed by atoms with Gasteiger partial charge in [-0.3, -0.25) is 10.9 Å². The molecule has 0 radical (unpaired) electrons. The first-order valence-corrected chi connectivity index (χ1v) is 4.32. The summed E-state index contributed by atoms with van der Waals surface area (Å²) in [4.78, 5) is 2.38. The molecule has 2 N–H and O–H groups in total. The van der Waals surface area contributed by atoms with Gasteiger partial charge in [0.25, 0.3) is 0 Å². The Kier molecular flexibility index (Phi) is 15.4. The Labute approximate surface area is 71.1 Å². The first-order valence-electron chi connectivity index (χ1n) is 4.32. The van der Waals surface area contributed by atoms with Crippen molar-refractivity contribution in [2.75, 3.05) is 33.7 Å². The van der Waals surface area contributed by atoms with E-state index in [0.29, 0.717) is 0 Å². The third-order valence-corrected chi connectivity index (χ3v) is 1.59. The zero-order chi connectivity index (χ0) is 9.11. The van der Waals surface area contributed by atoms with Crippen molar-refractivity contribution < 1.29 is 0 Å². The van der Waals surface area contributed by atoms with Gasteiger partial charge in [-0.1, -0.05) is 20.8 Å². The molecule has 0 aromatic rings. The van der Waals surface area contributed by atoms with Crippen molar-refractivity contribution in [1.82, 2.24) is 15.8 Å². The van der Waals surface area contributed by atoms with Gasteiger partial charge in [0.1, 0.15) is 0 Å². The maximum atomic E-state index is 2.68. The minimum Gasteiger partial charge on any atom is -0.304 e. The Morgan fingerprint density at radius 2 is 1.09 bits per heavy atom. The predicted octanol–water partition coefficient (Wildman–Crippen LogP) is 0.688. The maximum Gasteiger partial charge on any atom is -0.00150 e. The average Bonchev–Trinajstić information content (AvgIpc) is 2.08. The van der Waals surface area contributed by atoms with Crippen LogP contribution in [0.5, 0.6) is 0 Å². The fourth-order valence-electron chi connectivity index (χ4n) is 0.671. The highest BCUT2D eigenvalue weighted by atomic mass is 15.3. The second-order valence-electron chi connectivity index (χ2n) is 2.12. The highest BCUT2D eigenvalue weighted by molar-refractivity contribution is 4.43. The van der Waals surface area contributed by atoms with E-state index in [1.807, 2.05) is 14.1 Å². The molecule has 0 rings (SSSR count). The van der Waals surface area contributed by atoms with Crippen molar-refractivity contribution in [3.8, 4) is 0 Å². The number of hydrogen-bond acceptors (Lipinski definition) is 3. The summed E-state index contributed by atoms with van der Waals surface area (Å²) in [5, 5.41) is 0. The molecule has 0 aromatic heterocycles. The summed E-state index contributed by atoms with van der Waals surface area (Å²) in [7, 11) is 3.64. The molecule has 0 atom stereocenters. The van der Waals surface area contributed by atoms with Gasteiger partial charge in [-0.2, -0.15) is 0 Å². The molecule has 0 saturated carbocycles. The van der Waals surface area contributed by atoms with Gasteiger partial charge in [0.2, 0.25) is 0 Å². The summed E-state index contributed by atoms with van der Waals surface area (Å²) in [6.45, 7) is 10.1. The number of nitrogens with zero attached hydrogens (tertiary/aromatic N) is 1. The van der Waals surface area contributed by atoms with E-state index in [2.05, 4.69) is 36.5 Å². The summed E-state index contributed by atoms with van der Waals surface area (Å²) < 4.78 is 0. The second-order valence-corrected chi connectivity index (χ2v) is 2.12. The van der Waals surface area contributed by atoms with E-state index in [1.165, 1.54) is 19.6 Å². The van der Waals surface area contributed by atoms with E-state index in [0.717, 1.165) is 0 Å². The summed E-state index contributed by atoms with van der Waals surface area (Å²) >= 11 is 0. The largest absolute Gasteiger partial charge is 0.304 e. The van der Waals surface area contributed by atoms with E-state index < -0.39 is 0 Å². The van der Waals surface area contributed by atoms with Gasteiger partial charge in [0.05, 0.1) is 0 Å². The van der Waals surface area contributed by atoms with Crippen molar-refractivity contribution in [2.45, 2.75) is 20.8 Å². The number of hydrogen-bond donors (Lipinski definition) is 2. The van der Waals surface area contributed by atoms with Gasteiger partial charge < -0.3 is 4.90 Å². The Balaban J connectivity index is 0. The lowest BCUT2D eigenvalue weighted by Crippen LogP contribution is -2.21. The minimum absolute atomic E-state index is 1.19. The molecule has 0 heterocycles. The molecule has 0 unspecified atom stereocenters. The summed E-state index contributed by atoms with van der Waals surface area (Å²) in [6.07, 6.45) is 0. The quantitative estimate of drug-likeness (QED) is 0.594. The smallest absolute Gasteiger partial charge is 0.00150 e. The second kappa shape index (κ2) is 12.5. The van der Waals surface area contributed by atoms with Gasteiger partial charge in [-0.05, 0) is 33.7 Å². The fourth-order valence-corrected chi connectivity index (χ4v) is 0.671. The minimum atomic E-state index is 1.19. The third kappa shape index (κ3) is 13.0. The topological polar surface area (TPSA) is 27.3 Å². The van der Waals surface area contributed by atoms with Crippen molar-refractivity contribution in [1.29, 1.82) is 0 Å². The number of nitrogens with one attached hydrogen (secondary N) is 2. The van der Waals surface area contributed by atoms with E-state index >= 15 is 0 Å². The van der Waals surface area contributed by atoms with Gasteiger partial charge in [0, 0.05) is 0 Å². The number of hydrazine groups is 1. The van der Waals surface area contributed by atoms with Crippen molar-refractivity contribution >= 4 is 0 Å². The Bertz CT molecular complexity index is 45.8. The molecule has 0 spiro atoms. The van der Waals surface area contributed by atoms with E-state index in [4.69, 9.17) is 0 Å². The van der Waals surface area contributed by atoms with Gasteiger partial charge >= 0.3 is 0 Å². The summed E-state index contributed by atoms with van der Waals surface area (Å²) in [6, 6.07) is 0. The van der Waals surface area contributed by atoms with Crippen LogP contribution >= 0.6 is 0 Å². The lowest BCUT2D eigenvalue weighted by Gasteiger charge is -2.13. The van der Waals surface area contributed by atoms with Crippen LogP contribution in [0, 0.1) is 0 Å². The van der Waals surface area contributed by atoms with Crippen LogP contribution in [0.15, 0.2) is 0 Å². The lowest BCUT2D eigenvalue weighted by molar-refractivity contribution is 0.321. The standard InChI is InChI=1S/C6H15N.C2H8N2/c1-4-7(5-2)6-3;1-3-4-2/h4-6H2,1-3H3;3-4H,1-2H3. The molecule has 0 aliphatic heterocycles. The molecule has 70 valence electrons. The maximum absolute atomic E-state index is 2.68. The normalized spacial score (nSPS) is 9.27. The molecular weight excluding hydrogens is 138 g/mol. The molecular formula is C8H23N3. The zero-order valence-corrected chi connectivity index (χ0v) is 8.57. The van der Waals surface area contributed by atoms with Crippen LogP contribution in [0.1, 0.15) is 20.8 Å². The van der Waals surface area contributed by atoms with Gasteiger partial charge in [0.15, 0.2) is 0 Å². The van der Waals surface area contributed by atoms with Crippen molar-refractivity contribution in [3.05, 3.63) is 0 Å².